The van der Waals surface area contributed by atoms with Crippen molar-refractivity contribution < 1.29 is 18.4 Å². The smallest absolute Gasteiger partial charge is 0.267 e. The van der Waals surface area contributed by atoms with Gasteiger partial charge in [0.25, 0.3) is 11.8 Å². The number of fused-ring (bicyclic) bond motifs is 2. The molecule has 0 bridgehead atoms. The van der Waals surface area contributed by atoms with E-state index in [2.05, 4.69) is 10.6 Å². The van der Waals surface area contributed by atoms with Crippen molar-refractivity contribution in [2.75, 3.05) is 10.6 Å². The van der Waals surface area contributed by atoms with Crippen molar-refractivity contribution in [2.24, 2.45) is 0 Å². The molecule has 2 aromatic heterocycles. The Balaban J connectivity index is 1.46. The van der Waals surface area contributed by atoms with Crippen molar-refractivity contribution in [3.05, 3.63) is 92.1 Å². The molecule has 4 nitrogen and oxygen atoms in total. The first-order valence-corrected chi connectivity index (χ1v) is 12.2. The molecule has 0 aliphatic heterocycles. The van der Waals surface area contributed by atoms with E-state index in [-0.39, 0.29) is 10.0 Å². The third-order valence-electron chi connectivity index (χ3n) is 4.99. The number of thiophene rings is 2. The van der Waals surface area contributed by atoms with Gasteiger partial charge in [-0.15, -0.1) is 22.7 Å². The Kier molecular flexibility index (Phi) is 5.99. The van der Waals surface area contributed by atoms with E-state index in [1.807, 2.05) is 0 Å². The number of hydrogen-bond acceptors (Lipinski definition) is 4. The molecule has 0 unspecified atom stereocenters. The van der Waals surface area contributed by atoms with Crippen LogP contribution in [0.5, 0.6) is 0 Å². The average Bonchev–Trinajstić information content (AvgIpc) is 3.32. The van der Waals surface area contributed by atoms with Gasteiger partial charge in [-0.2, -0.15) is 0 Å². The Bertz CT molecular complexity index is 1460. The maximum absolute atomic E-state index is 13.1. The first-order chi connectivity index (χ1) is 16.3. The summed E-state index contributed by atoms with van der Waals surface area (Å²) in [6, 6.07) is 14.4. The number of amides is 2. The lowest BCUT2D eigenvalue weighted by atomic mass is 10.2. The summed E-state index contributed by atoms with van der Waals surface area (Å²) in [6.07, 6.45) is 0. The minimum atomic E-state index is -0.411. The van der Waals surface area contributed by atoms with Gasteiger partial charge in [-0.3, -0.25) is 9.59 Å². The van der Waals surface area contributed by atoms with Gasteiger partial charge < -0.3 is 10.6 Å². The normalized spacial score (nSPS) is 11.2. The van der Waals surface area contributed by atoms with Crippen LogP contribution < -0.4 is 10.6 Å². The van der Waals surface area contributed by atoms with Crippen LogP contribution in [0, 0.1) is 11.6 Å². The fraction of sp³-hybridized carbons (Fsp3) is 0. The van der Waals surface area contributed by atoms with Crippen molar-refractivity contribution in [3.63, 3.8) is 0 Å². The average molecular weight is 533 g/mol. The van der Waals surface area contributed by atoms with E-state index in [0.717, 1.165) is 9.40 Å². The SMILES string of the molecule is O=C(Nc1ccc(F)cc1)c1sc2cc3c(Cl)c(C(=O)Nc4ccc(F)cc4)sc3cc2c1Cl. The van der Waals surface area contributed by atoms with Crippen LogP contribution in [-0.4, -0.2) is 11.8 Å². The lowest BCUT2D eigenvalue weighted by molar-refractivity contribution is 0.102. The second kappa shape index (κ2) is 8.96. The standard InChI is InChI=1S/C24H12Cl2F2N2O2S2/c25-19-15-9-18-16(20(26)22(34-18)24(32)30-14-7-3-12(28)4-8-14)10-17(15)33-21(19)23(31)29-13-5-1-11(27)2-6-13/h1-10H,(H,29,31)(H,30,32). The predicted octanol–water partition coefficient (Wildman–Crippen LogP) is 8.21. The topological polar surface area (TPSA) is 58.2 Å². The van der Waals surface area contributed by atoms with Gasteiger partial charge in [0.1, 0.15) is 21.4 Å². The van der Waals surface area contributed by atoms with Crippen LogP contribution >= 0.6 is 45.9 Å². The Morgan fingerprint density at radius 2 is 1.00 bits per heavy atom. The number of carbonyl (C=O) groups is 2. The van der Waals surface area contributed by atoms with Crippen LogP contribution in [0.15, 0.2) is 60.7 Å². The van der Waals surface area contributed by atoms with Gasteiger partial charge >= 0.3 is 0 Å². The molecule has 0 radical (unpaired) electrons. The maximum Gasteiger partial charge on any atom is 0.267 e. The zero-order valence-electron chi connectivity index (χ0n) is 16.9. The van der Waals surface area contributed by atoms with Crippen LogP contribution in [0.25, 0.3) is 20.2 Å². The first-order valence-electron chi connectivity index (χ1n) is 9.78. The highest BCUT2D eigenvalue weighted by Gasteiger charge is 2.22. The fourth-order valence-corrected chi connectivity index (χ4v) is 6.21. The minimum absolute atomic E-state index is 0.281. The molecule has 0 saturated heterocycles. The van der Waals surface area contributed by atoms with Crippen LogP contribution in [0.1, 0.15) is 19.3 Å². The Labute approximate surface area is 209 Å². The lowest BCUT2D eigenvalue weighted by Crippen LogP contribution is -2.10. The molecule has 0 fully saturated rings. The second-order valence-corrected chi connectivity index (χ2v) is 10.1. The number of rotatable bonds is 4. The summed E-state index contributed by atoms with van der Waals surface area (Å²) in [4.78, 5) is 26.1. The second-order valence-electron chi connectivity index (χ2n) is 7.26. The largest absolute Gasteiger partial charge is 0.321 e. The molecule has 0 aliphatic carbocycles. The molecule has 5 rings (SSSR count). The van der Waals surface area contributed by atoms with Crippen molar-refractivity contribution in [1.29, 1.82) is 0 Å². The van der Waals surface area contributed by atoms with Gasteiger partial charge in [0.05, 0.1) is 10.0 Å². The van der Waals surface area contributed by atoms with E-state index in [0.29, 0.717) is 31.9 Å². The van der Waals surface area contributed by atoms with Crippen LogP contribution in [0.4, 0.5) is 20.2 Å². The molecule has 0 aliphatic rings. The molecule has 170 valence electrons. The number of anilines is 2. The molecular weight excluding hydrogens is 521 g/mol. The summed E-state index contributed by atoms with van der Waals surface area (Å²) in [5.74, 6) is -1.63. The van der Waals surface area contributed by atoms with Gasteiger partial charge in [-0.25, -0.2) is 8.78 Å². The van der Waals surface area contributed by atoms with Crippen molar-refractivity contribution in [2.45, 2.75) is 0 Å². The highest BCUT2D eigenvalue weighted by Crippen LogP contribution is 2.43. The fourth-order valence-electron chi connectivity index (χ4n) is 3.36. The summed E-state index contributed by atoms with van der Waals surface area (Å²) >= 11 is 15.4. The number of nitrogens with one attached hydrogen (secondary N) is 2. The third-order valence-corrected chi connectivity index (χ3v) is 8.31. The van der Waals surface area contributed by atoms with Crippen molar-refractivity contribution in [3.8, 4) is 0 Å². The highest BCUT2D eigenvalue weighted by molar-refractivity contribution is 7.23. The molecule has 34 heavy (non-hydrogen) atoms. The molecule has 2 amide bonds. The minimum Gasteiger partial charge on any atom is -0.321 e. The van der Waals surface area contributed by atoms with Gasteiger partial charge in [0, 0.05) is 31.5 Å². The van der Waals surface area contributed by atoms with Gasteiger partial charge in [-0.1, -0.05) is 23.2 Å². The van der Waals surface area contributed by atoms with E-state index < -0.39 is 23.4 Å². The lowest BCUT2D eigenvalue weighted by Gasteiger charge is -2.03. The molecule has 10 heteroatoms. The summed E-state index contributed by atoms with van der Waals surface area (Å²) in [5.41, 5.74) is 0.890. The molecule has 2 heterocycles. The van der Waals surface area contributed by atoms with E-state index in [9.17, 15) is 18.4 Å². The van der Waals surface area contributed by atoms with Gasteiger partial charge in [0.2, 0.25) is 0 Å². The summed E-state index contributed by atoms with van der Waals surface area (Å²) in [5, 5.41) is 7.29. The highest BCUT2D eigenvalue weighted by atomic mass is 35.5. The van der Waals surface area contributed by atoms with Crippen LogP contribution in [0.3, 0.4) is 0 Å². The Hall–Kier alpha value is -3.04. The van der Waals surface area contributed by atoms with E-state index in [1.54, 1.807) is 12.1 Å². The number of carbonyl (C=O) groups excluding carboxylic acids is 2. The Morgan fingerprint density at radius 3 is 1.35 bits per heavy atom. The number of benzene rings is 3. The summed E-state index contributed by atoms with van der Waals surface area (Å²) in [6.45, 7) is 0. The third kappa shape index (κ3) is 4.25. The quantitative estimate of drug-likeness (QED) is 0.245. The van der Waals surface area contributed by atoms with E-state index >= 15 is 0 Å². The number of hydrogen-bond donors (Lipinski definition) is 2. The van der Waals surface area contributed by atoms with Crippen molar-refractivity contribution >= 4 is 89.2 Å². The molecule has 3 aromatic carbocycles. The van der Waals surface area contributed by atoms with Crippen LogP contribution in [-0.2, 0) is 0 Å². The van der Waals surface area contributed by atoms with Crippen LogP contribution in [0.2, 0.25) is 10.0 Å². The predicted molar refractivity (Wildman–Crippen MR) is 136 cm³/mol. The zero-order valence-corrected chi connectivity index (χ0v) is 20.1. The van der Waals surface area contributed by atoms with E-state index in [4.69, 9.17) is 23.2 Å². The monoisotopic (exact) mass is 532 g/mol. The Morgan fingerprint density at radius 1 is 0.647 bits per heavy atom. The molecule has 5 aromatic rings. The molecule has 0 atom stereocenters. The first kappa shape index (κ1) is 22.7. The van der Waals surface area contributed by atoms with Gasteiger partial charge in [0.15, 0.2) is 0 Å². The van der Waals surface area contributed by atoms with Crippen molar-refractivity contribution in [1.82, 2.24) is 0 Å². The summed E-state index contributed by atoms with van der Waals surface area (Å²) < 4.78 is 27.7. The molecule has 2 N–H and O–H groups in total. The zero-order chi connectivity index (χ0) is 24.0. The summed E-state index contributed by atoms with van der Waals surface area (Å²) in [7, 11) is 0. The van der Waals surface area contributed by atoms with E-state index in [1.165, 1.54) is 71.2 Å². The maximum atomic E-state index is 13.1. The number of halogens is 4. The molecule has 0 spiro atoms. The molecule has 0 saturated carbocycles. The molecular formula is C24H12Cl2F2N2O2S2. The van der Waals surface area contributed by atoms with Gasteiger partial charge in [-0.05, 0) is 60.7 Å².